The van der Waals surface area contributed by atoms with Crippen LogP contribution < -0.4 is 15.0 Å². The smallest absolute Gasteiger partial charge is 0.412 e. The quantitative estimate of drug-likeness (QED) is 0.266. The van der Waals surface area contributed by atoms with Crippen molar-refractivity contribution in [3.63, 3.8) is 0 Å². The van der Waals surface area contributed by atoms with Crippen LogP contribution in [0.15, 0.2) is 54.9 Å². The summed E-state index contributed by atoms with van der Waals surface area (Å²) in [7, 11) is 0. The number of ether oxygens (including phenoxy) is 1. The number of amides is 2. The number of hydrogen-bond donors (Lipinski definition) is 2. The number of aryl methyl sites for hydroxylation is 1. The van der Waals surface area contributed by atoms with Crippen molar-refractivity contribution in [2.75, 3.05) is 11.4 Å². The number of benzene rings is 2. The number of alkyl halides is 2. The van der Waals surface area contributed by atoms with Gasteiger partial charge in [0.1, 0.15) is 5.75 Å². The molecule has 2 amide bonds. The first-order valence-electron chi connectivity index (χ1n) is 12.0. The number of anilines is 1. The number of carboxylic acid groups (broad SMARTS) is 1. The summed E-state index contributed by atoms with van der Waals surface area (Å²) in [5, 5.41) is 12.6. The van der Waals surface area contributed by atoms with Crippen molar-refractivity contribution in [3.8, 4) is 22.8 Å². The van der Waals surface area contributed by atoms with Gasteiger partial charge in [0.15, 0.2) is 17.2 Å². The lowest BCUT2D eigenvalue weighted by atomic mass is 10.0. The highest BCUT2D eigenvalue weighted by atomic mass is 19.3. The van der Waals surface area contributed by atoms with E-state index in [0.29, 0.717) is 27.3 Å². The van der Waals surface area contributed by atoms with E-state index < -0.39 is 36.4 Å². The Morgan fingerprint density at radius 2 is 1.97 bits per heavy atom. The third-order valence-electron chi connectivity index (χ3n) is 6.23. The number of carbonyl (C=O) groups excluding carboxylic acids is 1. The van der Waals surface area contributed by atoms with Gasteiger partial charge in [-0.05, 0) is 49.6 Å². The van der Waals surface area contributed by atoms with E-state index in [0.717, 1.165) is 25.0 Å². The minimum Gasteiger partial charge on any atom is -0.465 e. The number of nitrogens with one attached hydrogen (secondary N) is 1. The molecule has 2 aromatic carbocycles. The Morgan fingerprint density at radius 1 is 1.21 bits per heavy atom. The predicted octanol–water partition coefficient (Wildman–Crippen LogP) is 6.02. The average molecular weight is 542 g/mol. The van der Waals surface area contributed by atoms with Gasteiger partial charge in [-0.25, -0.2) is 22.9 Å². The molecule has 2 aromatic heterocycles. The van der Waals surface area contributed by atoms with Crippen LogP contribution in [-0.2, 0) is 0 Å². The van der Waals surface area contributed by atoms with Gasteiger partial charge in [-0.2, -0.15) is 4.39 Å². The Bertz CT molecular complexity index is 1590. The van der Waals surface area contributed by atoms with Gasteiger partial charge in [0.25, 0.3) is 12.3 Å². The molecule has 5 rings (SSSR count). The summed E-state index contributed by atoms with van der Waals surface area (Å²) in [5.74, 6) is -3.27. The first-order valence-corrected chi connectivity index (χ1v) is 12.0. The Hall–Kier alpha value is -4.61. The summed E-state index contributed by atoms with van der Waals surface area (Å²) in [6, 6.07) is 9.64. The fourth-order valence-corrected chi connectivity index (χ4v) is 4.19. The lowest BCUT2D eigenvalue weighted by Gasteiger charge is -2.21. The van der Waals surface area contributed by atoms with Crippen molar-refractivity contribution < 1.29 is 37.0 Å². The first-order chi connectivity index (χ1) is 18.6. The molecule has 0 unspecified atom stereocenters. The van der Waals surface area contributed by atoms with Crippen molar-refractivity contribution in [1.82, 2.24) is 14.7 Å². The van der Waals surface area contributed by atoms with Crippen molar-refractivity contribution >= 4 is 23.3 Å². The molecule has 2 N–H and O–H groups in total. The number of hydrogen-bond acceptors (Lipinski definition) is 4. The van der Waals surface area contributed by atoms with E-state index >= 15 is 0 Å². The third kappa shape index (κ3) is 5.35. The van der Waals surface area contributed by atoms with Gasteiger partial charge in [0.05, 0.1) is 30.3 Å². The van der Waals surface area contributed by atoms with Crippen LogP contribution in [0, 0.1) is 18.6 Å². The molecule has 1 saturated carbocycles. The van der Waals surface area contributed by atoms with Crippen molar-refractivity contribution in [1.29, 1.82) is 0 Å². The maximum Gasteiger partial charge on any atom is 0.412 e. The maximum atomic E-state index is 14.3. The Kier molecular flexibility index (Phi) is 6.85. The molecule has 2 heterocycles. The minimum absolute atomic E-state index is 0.00770. The number of nitrogens with zero attached hydrogens (tertiary/aromatic N) is 3. The monoisotopic (exact) mass is 542 g/mol. The molecule has 0 aliphatic heterocycles. The van der Waals surface area contributed by atoms with Crippen LogP contribution in [0.25, 0.3) is 16.9 Å². The molecular weight excluding hydrogens is 520 g/mol. The second-order valence-corrected chi connectivity index (χ2v) is 9.11. The largest absolute Gasteiger partial charge is 0.465 e. The SMILES string of the molecule is Cc1cc(-c2cnc3c(N(CC(F)F)C(=O)O)cc(Oc4cccc(F)c4F)cn23)ccc1C(=O)NC1CC1. The number of halogens is 4. The molecule has 39 heavy (non-hydrogen) atoms. The summed E-state index contributed by atoms with van der Waals surface area (Å²) < 4.78 is 61.6. The molecule has 0 spiro atoms. The Morgan fingerprint density at radius 3 is 2.64 bits per heavy atom. The van der Waals surface area contributed by atoms with Gasteiger partial charge < -0.3 is 15.2 Å². The van der Waals surface area contributed by atoms with E-state index in [2.05, 4.69) is 10.3 Å². The zero-order valence-corrected chi connectivity index (χ0v) is 20.5. The van der Waals surface area contributed by atoms with Gasteiger partial charge in [-0.1, -0.05) is 12.1 Å². The number of pyridine rings is 1. The normalized spacial score (nSPS) is 13.1. The number of rotatable bonds is 8. The Labute approximate surface area is 219 Å². The van der Waals surface area contributed by atoms with Crippen molar-refractivity contribution in [2.45, 2.75) is 32.2 Å². The minimum atomic E-state index is -3.00. The van der Waals surface area contributed by atoms with E-state index in [4.69, 9.17) is 4.74 Å². The molecule has 12 heteroatoms. The fraction of sp³-hybridized carbons (Fsp3) is 0.222. The molecule has 0 radical (unpaired) electrons. The molecule has 0 saturated heterocycles. The van der Waals surface area contributed by atoms with Crippen LogP contribution in [0.1, 0.15) is 28.8 Å². The molecule has 0 atom stereocenters. The van der Waals surface area contributed by atoms with E-state index in [9.17, 15) is 32.3 Å². The molecule has 1 fully saturated rings. The lowest BCUT2D eigenvalue weighted by molar-refractivity contribution is 0.0950. The van der Waals surface area contributed by atoms with Gasteiger partial charge in [-0.15, -0.1) is 0 Å². The summed E-state index contributed by atoms with van der Waals surface area (Å²) in [6.07, 6.45) is -0.0228. The zero-order valence-electron chi connectivity index (χ0n) is 20.5. The zero-order chi connectivity index (χ0) is 27.8. The van der Waals surface area contributed by atoms with Gasteiger partial charge in [0.2, 0.25) is 5.82 Å². The van der Waals surface area contributed by atoms with Crippen molar-refractivity contribution in [3.05, 3.63) is 77.6 Å². The highest BCUT2D eigenvalue weighted by Gasteiger charge is 2.26. The maximum absolute atomic E-state index is 14.3. The van der Waals surface area contributed by atoms with Crippen LogP contribution in [0.3, 0.4) is 0 Å². The highest BCUT2D eigenvalue weighted by molar-refractivity contribution is 5.97. The highest BCUT2D eigenvalue weighted by Crippen LogP contribution is 2.35. The second kappa shape index (κ2) is 10.3. The lowest BCUT2D eigenvalue weighted by Crippen LogP contribution is -2.34. The number of imidazole rings is 1. The topological polar surface area (TPSA) is 96.2 Å². The van der Waals surface area contributed by atoms with E-state index in [1.165, 1.54) is 28.9 Å². The Balaban J connectivity index is 1.62. The third-order valence-corrected chi connectivity index (χ3v) is 6.23. The van der Waals surface area contributed by atoms with E-state index in [1.54, 1.807) is 25.1 Å². The number of fused-ring (bicyclic) bond motifs is 1. The fourth-order valence-electron chi connectivity index (χ4n) is 4.19. The second-order valence-electron chi connectivity index (χ2n) is 9.11. The number of carbonyl (C=O) groups is 2. The molecule has 4 aromatic rings. The molecule has 1 aliphatic rings. The van der Waals surface area contributed by atoms with E-state index in [-0.39, 0.29) is 29.0 Å². The van der Waals surface area contributed by atoms with Gasteiger partial charge in [-0.3, -0.25) is 14.1 Å². The van der Waals surface area contributed by atoms with Crippen molar-refractivity contribution in [2.24, 2.45) is 0 Å². The van der Waals surface area contributed by atoms with Gasteiger partial charge >= 0.3 is 6.09 Å². The van der Waals surface area contributed by atoms with Gasteiger partial charge in [0, 0.05) is 23.2 Å². The first kappa shape index (κ1) is 26.0. The van der Waals surface area contributed by atoms with Crippen LogP contribution in [0.5, 0.6) is 11.5 Å². The summed E-state index contributed by atoms with van der Waals surface area (Å²) in [5.41, 5.74) is 1.91. The van der Waals surface area contributed by atoms with Crippen LogP contribution in [0.4, 0.5) is 28.0 Å². The van der Waals surface area contributed by atoms with Crippen LogP contribution >= 0.6 is 0 Å². The summed E-state index contributed by atoms with van der Waals surface area (Å²) >= 11 is 0. The standard InChI is InChI=1S/C27H22F4N4O4/c1-14-9-15(5-8-18(14)26(36)33-16-6-7-16)21-11-32-25-20(35(27(37)38)13-23(29)30)10-17(12-34(21)25)39-22-4-2-3-19(28)24(22)31/h2-5,8-12,16,23H,6-7,13H2,1H3,(H,33,36)(H,37,38). The van der Waals surface area contributed by atoms with E-state index in [1.807, 2.05) is 0 Å². The molecule has 8 nitrogen and oxygen atoms in total. The predicted molar refractivity (Wildman–Crippen MR) is 134 cm³/mol. The molecule has 0 bridgehead atoms. The summed E-state index contributed by atoms with van der Waals surface area (Å²) in [4.78, 5) is 29.1. The molecule has 202 valence electrons. The van der Waals surface area contributed by atoms with Crippen LogP contribution in [-0.4, -0.2) is 45.5 Å². The molecule has 1 aliphatic carbocycles. The summed E-state index contributed by atoms with van der Waals surface area (Å²) in [6.45, 7) is 0.602. The molecular formula is C27H22F4N4O4. The van der Waals surface area contributed by atoms with Crippen LogP contribution in [0.2, 0.25) is 0 Å². The average Bonchev–Trinajstić information content (AvgIpc) is 3.59. The number of aromatic nitrogens is 2.